The van der Waals surface area contributed by atoms with E-state index in [0.29, 0.717) is 5.92 Å². The predicted molar refractivity (Wildman–Crippen MR) is 75.5 cm³/mol. The van der Waals surface area contributed by atoms with Crippen molar-refractivity contribution in [3.8, 4) is 0 Å². The lowest BCUT2D eigenvalue weighted by molar-refractivity contribution is 0.283. The van der Waals surface area contributed by atoms with E-state index in [1.54, 1.807) is 11.3 Å². The van der Waals surface area contributed by atoms with Crippen LogP contribution in [0.1, 0.15) is 37.0 Å². The second-order valence-electron chi connectivity index (χ2n) is 5.28. The van der Waals surface area contributed by atoms with Crippen LogP contribution in [0.3, 0.4) is 0 Å². The van der Waals surface area contributed by atoms with E-state index in [0.717, 1.165) is 48.5 Å². The van der Waals surface area contributed by atoms with E-state index in [4.69, 9.17) is 0 Å². The van der Waals surface area contributed by atoms with E-state index < -0.39 is 0 Å². The van der Waals surface area contributed by atoms with Crippen LogP contribution in [-0.4, -0.2) is 50.9 Å². The second kappa shape index (κ2) is 5.52. The van der Waals surface area contributed by atoms with Crippen molar-refractivity contribution in [2.45, 2.75) is 32.7 Å². The van der Waals surface area contributed by atoms with E-state index in [1.165, 1.54) is 6.42 Å². The molecule has 0 unspecified atom stereocenters. The van der Waals surface area contributed by atoms with Crippen LogP contribution in [0.2, 0.25) is 0 Å². The molecule has 3 heterocycles. The zero-order valence-electron chi connectivity index (χ0n) is 11.5. The topological polar surface area (TPSA) is 58.4 Å². The average molecular weight is 280 g/mol. The highest BCUT2D eigenvalue weighted by Crippen LogP contribution is 2.19. The highest BCUT2D eigenvalue weighted by Gasteiger charge is 2.16. The normalized spacial score (nSPS) is 18.3. The molecule has 0 amide bonds. The molecule has 3 rings (SSSR count). The van der Waals surface area contributed by atoms with E-state index in [1.807, 2.05) is 4.52 Å². The molecule has 0 aliphatic carbocycles. The fourth-order valence-electron chi connectivity index (χ4n) is 2.35. The molecule has 2 aromatic heterocycles. The highest BCUT2D eigenvalue weighted by atomic mass is 32.1. The first kappa shape index (κ1) is 13.0. The van der Waals surface area contributed by atoms with Crippen LogP contribution in [0.4, 0.5) is 0 Å². The molecule has 0 radical (unpaired) electrons. The van der Waals surface area contributed by atoms with Gasteiger partial charge in [-0.25, -0.2) is 0 Å². The van der Waals surface area contributed by atoms with Gasteiger partial charge in [-0.1, -0.05) is 25.2 Å². The molecular formula is C12H20N6S. The van der Waals surface area contributed by atoms with Gasteiger partial charge in [-0.15, -0.1) is 10.2 Å². The number of rotatable bonds is 3. The van der Waals surface area contributed by atoms with Crippen molar-refractivity contribution < 1.29 is 0 Å². The van der Waals surface area contributed by atoms with E-state index in [2.05, 4.69) is 39.4 Å². The second-order valence-corrected chi connectivity index (χ2v) is 6.32. The third kappa shape index (κ3) is 2.77. The maximum absolute atomic E-state index is 4.67. The number of aromatic nitrogens is 4. The fraction of sp³-hybridized carbons (Fsp3) is 0.750. The van der Waals surface area contributed by atoms with Crippen LogP contribution in [0.25, 0.3) is 4.96 Å². The minimum Gasteiger partial charge on any atom is -0.315 e. The molecule has 0 aromatic carbocycles. The molecular weight excluding hydrogens is 260 g/mol. The zero-order chi connectivity index (χ0) is 13.2. The molecule has 0 spiro atoms. The van der Waals surface area contributed by atoms with Gasteiger partial charge in [-0.05, 0) is 19.5 Å². The predicted octanol–water partition coefficient (Wildman–Crippen LogP) is 1.10. The molecule has 104 valence electrons. The summed E-state index contributed by atoms with van der Waals surface area (Å²) in [5, 5.41) is 17.6. The molecule has 1 fully saturated rings. The van der Waals surface area contributed by atoms with Gasteiger partial charge in [-0.3, -0.25) is 4.90 Å². The van der Waals surface area contributed by atoms with Gasteiger partial charge >= 0.3 is 0 Å². The summed E-state index contributed by atoms with van der Waals surface area (Å²) in [5.74, 6) is 1.31. The highest BCUT2D eigenvalue weighted by molar-refractivity contribution is 7.16. The standard InChI is InChI=1S/C12H20N6S/c1-9(2)11-14-15-12-18(11)16-10(19-12)8-17-6-3-4-13-5-7-17/h9,13H,3-8H2,1-2H3. The Kier molecular flexibility index (Phi) is 3.76. The van der Waals surface area contributed by atoms with Gasteiger partial charge in [0, 0.05) is 19.0 Å². The van der Waals surface area contributed by atoms with Gasteiger partial charge in [0.05, 0.1) is 6.54 Å². The summed E-state index contributed by atoms with van der Waals surface area (Å²) in [6.07, 6.45) is 1.21. The minimum absolute atomic E-state index is 0.354. The van der Waals surface area contributed by atoms with Gasteiger partial charge in [0.25, 0.3) is 0 Å². The first-order valence-corrected chi connectivity index (χ1v) is 7.70. The third-order valence-electron chi connectivity index (χ3n) is 3.36. The Balaban J connectivity index is 1.77. The van der Waals surface area contributed by atoms with Crippen molar-refractivity contribution in [2.24, 2.45) is 0 Å². The molecule has 1 aliphatic heterocycles. The summed E-state index contributed by atoms with van der Waals surface area (Å²) in [7, 11) is 0. The quantitative estimate of drug-likeness (QED) is 0.912. The molecule has 6 nitrogen and oxygen atoms in total. The summed E-state index contributed by atoms with van der Waals surface area (Å²) < 4.78 is 1.90. The monoisotopic (exact) mass is 280 g/mol. The van der Waals surface area contributed by atoms with Gasteiger partial charge in [-0.2, -0.15) is 9.61 Å². The Morgan fingerprint density at radius 2 is 2.16 bits per heavy atom. The maximum atomic E-state index is 4.67. The molecule has 7 heteroatoms. The Morgan fingerprint density at radius 3 is 3.00 bits per heavy atom. The van der Waals surface area contributed by atoms with Crippen molar-refractivity contribution in [2.75, 3.05) is 26.2 Å². The van der Waals surface area contributed by atoms with Crippen molar-refractivity contribution >= 4 is 16.3 Å². The first-order valence-electron chi connectivity index (χ1n) is 6.88. The van der Waals surface area contributed by atoms with Gasteiger partial charge in [0.15, 0.2) is 5.82 Å². The number of nitrogens with zero attached hydrogens (tertiary/aromatic N) is 5. The summed E-state index contributed by atoms with van der Waals surface area (Å²) in [4.78, 5) is 3.37. The largest absolute Gasteiger partial charge is 0.315 e. The lowest BCUT2D eigenvalue weighted by Crippen LogP contribution is -2.27. The number of nitrogens with one attached hydrogen (secondary N) is 1. The van der Waals surface area contributed by atoms with Crippen LogP contribution in [-0.2, 0) is 6.54 Å². The van der Waals surface area contributed by atoms with Crippen LogP contribution >= 0.6 is 11.3 Å². The lowest BCUT2D eigenvalue weighted by atomic mass is 10.2. The van der Waals surface area contributed by atoms with E-state index >= 15 is 0 Å². The summed E-state index contributed by atoms with van der Waals surface area (Å²) >= 11 is 1.65. The van der Waals surface area contributed by atoms with Crippen molar-refractivity contribution in [3.05, 3.63) is 10.8 Å². The molecule has 2 aromatic rings. The Hall–Kier alpha value is -1.05. The van der Waals surface area contributed by atoms with E-state index in [9.17, 15) is 0 Å². The average Bonchev–Trinajstić information content (AvgIpc) is 2.81. The maximum Gasteiger partial charge on any atom is 0.234 e. The lowest BCUT2D eigenvalue weighted by Gasteiger charge is -2.17. The van der Waals surface area contributed by atoms with Gasteiger partial charge in [0.2, 0.25) is 4.96 Å². The molecule has 1 aliphatic rings. The number of fused-ring (bicyclic) bond motifs is 1. The molecule has 1 saturated heterocycles. The molecule has 0 bridgehead atoms. The zero-order valence-corrected chi connectivity index (χ0v) is 12.3. The Morgan fingerprint density at radius 1 is 1.26 bits per heavy atom. The van der Waals surface area contributed by atoms with Gasteiger partial charge in [0.1, 0.15) is 5.01 Å². The van der Waals surface area contributed by atoms with Crippen molar-refractivity contribution in [1.82, 2.24) is 30.0 Å². The summed E-state index contributed by atoms with van der Waals surface area (Å²) in [6.45, 7) is 9.60. The summed E-state index contributed by atoms with van der Waals surface area (Å²) in [6, 6.07) is 0. The van der Waals surface area contributed by atoms with Crippen molar-refractivity contribution in [1.29, 1.82) is 0 Å². The van der Waals surface area contributed by atoms with Gasteiger partial charge < -0.3 is 5.32 Å². The third-order valence-corrected chi connectivity index (χ3v) is 4.25. The minimum atomic E-state index is 0.354. The number of hydrogen-bond acceptors (Lipinski definition) is 6. The number of hydrogen-bond donors (Lipinski definition) is 1. The smallest absolute Gasteiger partial charge is 0.234 e. The van der Waals surface area contributed by atoms with Crippen LogP contribution in [0.15, 0.2) is 0 Å². The van der Waals surface area contributed by atoms with Crippen molar-refractivity contribution in [3.63, 3.8) is 0 Å². The first-order chi connectivity index (χ1) is 9.24. The van der Waals surface area contributed by atoms with Crippen LogP contribution in [0, 0.1) is 0 Å². The molecule has 0 atom stereocenters. The summed E-state index contributed by atoms with van der Waals surface area (Å²) in [5.41, 5.74) is 0. The fourth-order valence-corrected chi connectivity index (χ4v) is 3.23. The molecule has 1 N–H and O–H groups in total. The van der Waals surface area contributed by atoms with Crippen LogP contribution in [0.5, 0.6) is 0 Å². The van der Waals surface area contributed by atoms with E-state index in [-0.39, 0.29) is 0 Å². The van der Waals surface area contributed by atoms with Crippen LogP contribution < -0.4 is 5.32 Å². The Bertz CT molecular complexity index is 537. The SMILES string of the molecule is CC(C)c1nnc2sc(CN3CCCNCC3)nn12. The Labute approximate surface area is 116 Å². The molecule has 19 heavy (non-hydrogen) atoms. The molecule has 0 saturated carbocycles.